The molecule has 0 atom stereocenters. The Bertz CT molecular complexity index is 786. The first-order valence-corrected chi connectivity index (χ1v) is 8.06. The van der Waals surface area contributed by atoms with Crippen LogP contribution in [0.3, 0.4) is 0 Å². The van der Waals surface area contributed by atoms with Gasteiger partial charge in [-0.2, -0.15) is 0 Å². The summed E-state index contributed by atoms with van der Waals surface area (Å²) in [7, 11) is 1.70. The molecule has 0 aliphatic rings. The van der Waals surface area contributed by atoms with Gasteiger partial charge in [0.25, 0.3) is 0 Å². The van der Waals surface area contributed by atoms with Crippen molar-refractivity contribution >= 4 is 46.6 Å². The summed E-state index contributed by atoms with van der Waals surface area (Å²) in [5.41, 5.74) is 2.43. The molecule has 0 saturated heterocycles. The van der Waals surface area contributed by atoms with E-state index in [2.05, 4.69) is 10.6 Å². The maximum Gasteiger partial charge on any atom is 0.250 e. The number of nitrogens with zero attached hydrogens (tertiary/aromatic N) is 1. The average Bonchev–Trinajstić information content (AvgIpc) is 2.60. The molecule has 0 bridgehead atoms. The molecule has 128 valence electrons. The summed E-state index contributed by atoms with van der Waals surface area (Å²) in [6.45, 7) is 1.50. The minimum absolute atomic E-state index is 0.0475. The molecule has 0 heterocycles. The van der Waals surface area contributed by atoms with Gasteiger partial charge in [0.1, 0.15) is 0 Å². The van der Waals surface area contributed by atoms with Crippen molar-refractivity contribution in [1.29, 1.82) is 0 Å². The lowest BCUT2D eigenvalue weighted by Gasteiger charge is -2.15. The summed E-state index contributed by atoms with van der Waals surface area (Å²) in [5, 5.41) is 5.72. The normalized spacial score (nSPS) is 10.3. The zero-order chi connectivity index (χ0) is 18.2. The van der Waals surface area contributed by atoms with E-state index in [4.69, 9.17) is 12.2 Å². The standard InChI is InChI=1S/C19H19N3O2S/c1-14(23)22(2)17-11-9-16(10-12-17)20-19(25)21-18(24)13-8-15-6-4-3-5-7-15/h3-13H,1-2H3,(H2,20,21,24,25). The lowest BCUT2D eigenvalue weighted by atomic mass is 10.2. The van der Waals surface area contributed by atoms with Crippen molar-refractivity contribution in [3.8, 4) is 0 Å². The number of hydrogen-bond acceptors (Lipinski definition) is 3. The highest BCUT2D eigenvalue weighted by molar-refractivity contribution is 7.80. The topological polar surface area (TPSA) is 61.4 Å². The summed E-state index contributed by atoms with van der Waals surface area (Å²) in [6.07, 6.45) is 3.14. The van der Waals surface area contributed by atoms with Crippen LogP contribution < -0.4 is 15.5 Å². The van der Waals surface area contributed by atoms with Gasteiger partial charge in [0.15, 0.2) is 5.11 Å². The fourth-order valence-electron chi connectivity index (χ4n) is 2.00. The Morgan fingerprint density at radius 3 is 2.28 bits per heavy atom. The number of benzene rings is 2. The highest BCUT2D eigenvalue weighted by atomic mass is 32.1. The maximum absolute atomic E-state index is 11.9. The summed E-state index contributed by atoms with van der Waals surface area (Å²) < 4.78 is 0. The molecule has 0 radical (unpaired) electrons. The summed E-state index contributed by atoms with van der Waals surface area (Å²) in [4.78, 5) is 24.7. The van der Waals surface area contributed by atoms with Crippen molar-refractivity contribution in [3.05, 3.63) is 66.2 Å². The Kier molecular flexibility index (Phi) is 6.42. The van der Waals surface area contributed by atoms with Crippen LogP contribution in [-0.2, 0) is 9.59 Å². The van der Waals surface area contributed by atoms with E-state index in [1.165, 1.54) is 17.9 Å². The van der Waals surface area contributed by atoms with E-state index in [1.807, 2.05) is 30.3 Å². The number of hydrogen-bond donors (Lipinski definition) is 2. The van der Waals surface area contributed by atoms with E-state index in [1.54, 1.807) is 37.4 Å². The number of nitrogens with one attached hydrogen (secondary N) is 2. The highest BCUT2D eigenvalue weighted by Gasteiger charge is 2.06. The second-order valence-electron chi connectivity index (χ2n) is 5.31. The predicted molar refractivity (Wildman–Crippen MR) is 105 cm³/mol. The van der Waals surface area contributed by atoms with E-state index in [9.17, 15) is 9.59 Å². The smallest absolute Gasteiger partial charge is 0.250 e. The van der Waals surface area contributed by atoms with E-state index in [0.717, 1.165) is 16.9 Å². The van der Waals surface area contributed by atoms with Crippen LogP contribution in [0.2, 0.25) is 0 Å². The van der Waals surface area contributed by atoms with Gasteiger partial charge < -0.3 is 10.2 Å². The number of rotatable bonds is 4. The van der Waals surface area contributed by atoms with Crippen molar-refractivity contribution < 1.29 is 9.59 Å². The predicted octanol–water partition coefficient (Wildman–Crippen LogP) is 3.20. The summed E-state index contributed by atoms with van der Waals surface area (Å²) in [6, 6.07) is 16.7. The van der Waals surface area contributed by atoms with Crippen LogP contribution in [0, 0.1) is 0 Å². The Labute approximate surface area is 152 Å². The minimum atomic E-state index is -0.311. The van der Waals surface area contributed by atoms with Gasteiger partial charge in [-0.15, -0.1) is 0 Å². The number of thiocarbonyl (C=S) groups is 1. The van der Waals surface area contributed by atoms with Gasteiger partial charge in [0.05, 0.1) is 0 Å². The fourth-order valence-corrected chi connectivity index (χ4v) is 2.22. The molecule has 2 amide bonds. The van der Waals surface area contributed by atoms with Crippen LogP contribution in [0.15, 0.2) is 60.7 Å². The first kappa shape index (κ1) is 18.4. The van der Waals surface area contributed by atoms with Gasteiger partial charge in [-0.05, 0) is 48.1 Å². The molecule has 2 rings (SSSR count). The van der Waals surface area contributed by atoms with Crippen LogP contribution in [0.25, 0.3) is 6.08 Å². The highest BCUT2D eigenvalue weighted by Crippen LogP contribution is 2.16. The van der Waals surface area contributed by atoms with Crippen LogP contribution in [0.5, 0.6) is 0 Å². The molecule has 6 heteroatoms. The van der Waals surface area contributed by atoms with Gasteiger partial charge in [0, 0.05) is 31.4 Å². The van der Waals surface area contributed by atoms with Crippen molar-refractivity contribution in [2.24, 2.45) is 0 Å². The molecular formula is C19H19N3O2S. The van der Waals surface area contributed by atoms with Crippen molar-refractivity contribution in [1.82, 2.24) is 5.32 Å². The Balaban J connectivity index is 1.88. The molecule has 2 aromatic rings. The summed E-state index contributed by atoms with van der Waals surface area (Å²) in [5.74, 6) is -0.358. The van der Waals surface area contributed by atoms with Gasteiger partial charge in [-0.1, -0.05) is 30.3 Å². The molecule has 0 aliphatic carbocycles. The van der Waals surface area contributed by atoms with E-state index >= 15 is 0 Å². The third kappa shape index (κ3) is 5.86. The average molecular weight is 353 g/mol. The molecule has 0 aromatic heterocycles. The Hall–Kier alpha value is -2.99. The summed E-state index contributed by atoms with van der Waals surface area (Å²) >= 11 is 5.13. The molecule has 0 unspecified atom stereocenters. The molecule has 0 fully saturated rings. The van der Waals surface area contributed by atoms with Crippen molar-refractivity contribution in [2.75, 3.05) is 17.3 Å². The van der Waals surface area contributed by atoms with Gasteiger partial charge in [0.2, 0.25) is 11.8 Å². The molecule has 0 saturated carbocycles. The lowest BCUT2D eigenvalue weighted by Crippen LogP contribution is -2.32. The molecule has 0 aliphatic heterocycles. The van der Waals surface area contributed by atoms with Gasteiger partial charge >= 0.3 is 0 Å². The molecular weight excluding hydrogens is 334 g/mol. The zero-order valence-corrected chi connectivity index (χ0v) is 14.8. The van der Waals surface area contributed by atoms with E-state index in [-0.39, 0.29) is 16.9 Å². The number of anilines is 2. The second-order valence-corrected chi connectivity index (χ2v) is 5.72. The lowest BCUT2D eigenvalue weighted by molar-refractivity contribution is -0.116. The van der Waals surface area contributed by atoms with Gasteiger partial charge in [-0.25, -0.2) is 0 Å². The molecule has 0 spiro atoms. The van der Waals surface area contributed by atoms with Crippen LogP contribution in [0.1, 0.15) is 12.5 Å². The second kappa shape index (κ2) is 8.75. The third-order valence-electron chi connectivity index (χ3n) is 3.45. The molecule has 25 heavy (non-hydrogen) atoms. The molecule has 2 N–H and O–H groups in total. The Morgan fingerprint density at radius 1 is 1.04 bits per heavy atom. The molecule has 5 nitrogen and oxygen atoms in total. The molecule has 2 aromatic carbocycles. The number of amides is 2. The number of carbonyl (C=O) groups is 2. The fraction of sp³-hybridized carbons (Fsp3) is 0.105. The monoisotopic (exact) mass is 353 g/mol. The van der Waals surface area contributed by atoms with Gasteiger partial charge in [-0.3, -0.25) is 14.9 Å². The SMILES string of the molecule is CC(=O)N(C)c1ccc(NC(=S)NC(=O)C=Cc2ccccc2)cc1. The van der Waals surface area contributed by atoms with Crippen molar-refractivity contribution in [3.63, 3.8) is 0 Å². The zero-order valence-electron chi connectivity index (χ0n) is 14.0. The first-order chi connectivity index (χ1) is 12.0. The maximum atomic E-state index is 11.9. The van der Waals surface area contributed by atoms with E-state index < -0.39 is 0 Å². The van der Waals surface area contributed by atoms with Crippen LogP contribution >= 0.6 is 12.2 Å². The quantitative estimate of drug-likeness (QED) is 0.655. The van der Waals surface area contributed by atoms with E-state index in [0.29, 0.717) is 0 Å². The third-order valence-corrected chi connectivity index (χ3v) is 3.65. The largest absolute Gasteiger partial charge is 0.332 e. The Morgan fingerprint density at radius 2 is 1.68 bits per heavy atom. The minimum Gasteiger partial charge on any atom is -0.332 e. The van der Waals surface area contributed by atoms with Crippen molar-refractivity contribution in [2.45, 2.75) is 6.92 Å². The van der Waals surface area contributed by atoms with Crippen LogP contribution in [-0.4, -0.2) is 24.0 Å². The van der Waals surface area contributed by atoms with Crippen LogP contribution in [0.4, 0.5) is 11.4 Å². The number of carbonyl (C=O) groups excluding carboxylic acids is 2. The first-order valence-electron chi connectivity index (χ1n) is 7.65.